The molecule has 1 aromatic rings. The second-order valence-electron chi connectivity index (χ2n) is 3.99. The topological polar surface area (TPSA) is 77.8 Å². The first-order valence-corrected chi connectivity index (χ1v) is 5.84. The molecule has 0 bridgehead atoms. The second-order valence-corrected chi connectivity index (χ2v) is 3.99. The molecule has 1 aliphatic heterocycles. The minimum atomic E-state index is -0.646. The van der Waals surface area contributed by atoms with E-state index in [9.17, 15) is 9.59 Å². The SMILES string of the molecule is O=C(COC(=O)c1ccco1)NC[C@@H]1CCCO1. The largest absolute Gasteiger partial charge is 0.457 e. The van der Waals surface area contributed by atoms with E-state index >= 15 is 0 Å². The molecule has 6 heteroatoms. The number of carbonyl (C=O) groups is 2. The maximum Gasteiger partial charge on any atom is 0.374 e. The van der Waals surface area contributed by atoms with Gasteiger partial charge in [-0.1, -0.05) is 0 Å². The number of esters is 1. The molecule has 1 aliphatic rings. The normalized spacial score (nSPS) is 18.6. The first-order chi connectivity index (χ1) is 8.75. The molecule has 6 nitrogen and oxygen atoms in total. The lowest BCUT2D eigenvalue weighted by molar-refractivity contribution is -0.124. The zero-order valence-corrected chi connectivity index (χ0v) is 9.89. The van der Waals surface area contributed by atoms with Gasteiger partial charge in [-0.3, -0.25) is 4.79 Å². The summed E-state index contributed by atoms with van der Waals surface area (Å²) < 4.78 is 15.0. The Morgan fingerprint density at radius 1 is 1.50 bits per heavy atom. The average Bonchev–Trinajstić information content (AvgIpc) is 3.05. The molecule has 1 atom stereocenters. The van der Waals surface area contributed by atoms with Crippen LogP contribution in [-0.2, 0) is 14.3 Å². The van der Waals surface area contributed by atoms with Crippen LogP contribution in [0, 0.1) is 0 Å². The van der Waals surface area contributed by atoms with Gasteiger partial charge in [0.05, 0.1) is 12.4 Å². The Bertz CT molecular complexity index is 395. The monoisotopic (exact) mass is 253 g/mol. The standard InChI is InChI=1S/C12H15NO5/c14-11(13-7-9-3-1-5-16-9)8-18-12(15)10-4-2-6-17-10/h2,4,6,9H,1,3,5,7-8H2,(H,13,14)/t9-/m0/s1. The van der Waals surface area contributed by atoms with Gasteiger partial charge >= 0.3 is 5.97 Å². The number of furan rings is 1. The summed E-state index contributed by atoms with van der Waals surface area (Å²) in [5, 5.41) is 2.65. The van der Waals surface area contributed by atoms with Crippen molar-refractivity contribution in [3.05, 3.63) is 24.2 Å². The zero-order chi connectivity index (χ0) is 12.8. The molecule has 1 amide bonds. The van der Waals surface area contributed by atoms with Gasteiger partial charge in [-0.15, -0.1) is 0 Å². The third-order valence-electron chi connectivity index (χ3n) is 2.61. The van der Waals surface area contributed by atoms with Gasteiger partial charge in [0.25, 0.3) is 5.91 Å². The van der Waals surface area contributed by atoms with Gasteiger partial charge in [0, 0.05) is 13.2 Å². The molecule has 0 aromatic carbocycles. The molecule has 0 unspecified atom stereocenters. The highest BCUT2D eigenvalue weighted by molar-refractivity contribution is 5.88. The summed E-state index contributed by atoms with van der Waals surface area (Å²) in [6.45, 7) is 0.886. The molecule has 1 N–H and O–H groups in total. The molecule has 18 heavy (non-hydrogen) atoms. The minimum Gasteiger partial charge on any atom is -0.457 e. The van der Waals surface area contributed by atoms with Crippen molar-refractivity contribution in [1.29, 1.82) is 0 Å². The number of amides is 1. The Hall–Kier alpha value is -1.82. The van der Waals surface area contributed by atoms with Crippen LogP contribution in [0.4, 0.5) is 0 Å². The van der Waals surface area contributed by atoms with Crippen LogP contribution in [0.15, 0.2) is 22.8 Å². The van der Waals surface area contributed by atoms with Crippen LogP contribution >= 0.6 is 0 Å². The predicted octanol–water partition coefficient (Wildman–Crippen LogP) is 0.732. The van der Waals surface area contributed by atoms with Crippen LogP contribution in [0.25, 0.3) is 0 Å². The van der Waals surface area contributed by atoms with Crippen LogP contribution in [0.3, 0.4) is 0 Å². The van der Waals surface area contributed by atoms with Crippen molar-refractivity contribution in [3.8, 4) is 0 Å². The number of carbonyl (C=O) groups excluding carboxylic acids is 2. The number of hydrogen-bond acceptors (Lipinski definition) is 5. The third-order valence-corrected chi connectivity index (χ3v) is 2.61. The van der Waals surface area contributed by atoms with E-state index in [0.29, 0.717) is 6.54 Å². The average molecular weight is 253 g/mol. The van der Waals surface area contributed by atoms with Crippen LogP contribution in [0.2, 0.25) is 0 Å². The molecular weight excluding hydrogens is 238 g/mol. The molecule has 1 aromatic heterocycles. The van der Waals surface area contributed by atoms with Crippen LogP contribution in [0.5, 0.6) is 0 Å². The maximum absolute atomic E-state index is 11.4. The molecule has 0 saturated carbocycles. The van der Waals surface area contributed by atoms with Crippen molar-refractivity contribution in [1.82, 2.24) is 5.32 Å². The van der Waals surface area contributed by atoms with Crippen LogP contribution in [0.1, 0.15) is 23.4 Å². The summed E-state index contributed by atoms with van der Waals surface area (Å²) >= 11 is 0. The van der Waals surface area contributed by atoms with Crippen LogP contribution < -0.4 is 5.32 Å². The zero-order valence-electron chi connectivity index (χ0n) is 9.89. The Morgan fingerprint density at radius 2 is 2.39 bits per heavy atom. The molecule has 1 fully saturated rings. The van der Waals surface area contributed by atoms with E-state index in [1.54, 1.807) is 6.07 Å². The lowest BCUT2D eigenvalue weighted by Crippen LogP contribution is -2.34. The molecule has 0 aliphatic carbocycles. The van der Waals surface area contributed by atoms with E-state index in [-0.39, 0.29) is 24.4 Å². The Morgan fingerprint density at radius 3 is 3.06 bits per heavy atom. The molecule has 2 rings (SSSR count). The lowest BCUT2D eigenvalue weighted by Gasteiger charge is -2.10. The van der Waals surface area contributed by atoms with Gasteiger partial charge in [-0.2, -0.15) is 0 Å². The fourth-order valence-electron chi connectivity index (χ4n) is 1.68. The third kappa shape index (κ3) is 3.59. The summed E-state index contributed by atoms with van der Waals surface area (Å²) in [5.41, 5.74) is 0. The molecule has 2 heterocycles. The van der Waals surface area contributed by atoms with Crippen molar-refractivity contribution in [2.45, 2.75) is 18.9 Å². The van der Waals surface area contributed by atoms with E-state index in [4.69, 9.17) is 13.9 Å². The first kappa shape index (κ1) is 12.6. The van der Waals surface area contributed by atoms with E-state index in [0.717, 1.165) is 19.4 Å². The molecular formula is C12H15NO5. The van der Waals surface area contributed by atoms with E-state index in [2.05, 4.69) is 5.32 Å². The van der Waals surface area contributed by atoms with Crippen molar-refractivity contribution in [2.24, 2.45) is 0 Å². The Labute approximate surface area is 104 Å². The highest BCUT2D eigenvalue weighted by atomic mass is 16.5. The summed E-state index contributed by atoms with van der Waals surface area (Å²) in [5.74, 6) is -0.903. The number of ether oxygens (including phenoxy) is 2. The molecule has 1 saturated heterocycles. The fourth-order valence-corrected chi connectivity index (χ4v) is 1.68. The van der Waals surface area contributed by atoms with Crippen LogP contribution in [-0.4, -0.2) is 37.7 Å². The molecule has 0 spiro atoms. The van der Waals surface area contributed by atoms with E-state index < -0.39 is 5.97 Å². The van der Waals surface area contributed by atoms with Gasteiger partial charge in [-0.05, 0) is 25.0 Å². The Kier molecular flexibility index (Phi) is 4.35. The van der Waals surface area contributed by atoms with Crippen molar-refractivity contribution in [3.63, 3.8) is 0 Å². The maximum atomic E-state index is 11.4. The Balaban J connectivity index is 1.63. The van der Waals surface area contributed by atoms with Crippen molar-refractivity contribution < 1.29 is 23.5 Å². The van der Waals surface area contributed by atoms with Gasteiger partial charge in [-0.25, -0.2) is 4.79 Å². The van der Waals surface area contributed by atoms with Gasteiger partial charge in [0.2, 0.25) is 5.76 Å². The second kappa shape index (κ2) is 6.20. The minimum absolute atomic E-state index is 0.0784. The first-order valence-electron chi connectivity index (χ1n) is 5.84. The number of rotatable bonds is 5. The van der Waals surface area contributed by atoms with Gasteiger partial charge in [0.1, 0.15) is 0 Å². The summed E-state index contributed by atoms with van der Waals surface area (Å²) in [6, 6.07) is 3.06. The highest BCUT2D eigenvalue weighted by Crippen LogP contribution is 2.10. The summed E-state index contributed by atoms with van der Waals surface area (Å²) in [7, 11) is 0. The summed E-state index contributed by atoms with van der Waals surface area (Å²) in [6.07, 6.45) is 3.42. The van der Waals surface area contributed by atoms with Gasteiger partial charge < -0.3 is 19.2 Å². The van der Waals surface area contributed by atoms with E-state index in [1.807, 2.05) is 0 Å². The van der Waals surface area contributed by atoms with Crippen molar-refractivity contribution in [2.75, 3.05) is 19.8 Å². The fraction of sp³-hybridized carbons (Fsp3) is 0.500. The van der Waals surface area contributed by atoms with E-state index in [1.165, 1.54) is 12.3 Å². The summed E-state index contributed by atoms with van der Waals surface area (Å²) in [4.78, 5) is 22.7. The number of hydrogen-bond donors (Lipinski definition) is 1. The smallest absolute Gasteiger partial charge is 0.374 e. The highest BCUT2D eigenvalue weighted by Gasteiger charge is 2.17. The molecule has 98 valence electrons. The lowest BCUT2D eigenvalue weighted by atomic mass is 10.2. The van der Waals surface area contributed by atoms with Crippen molar-refractivity contribution >= 4 is 11.9 Å². The van der Waals surface area contributed by atoms with Gasteiger partial charge in [0.15, 0.2) is 6.61 Å². The quantitative estimate of drug-likeness (QED) is 0.783. The predicted molar refractivity (Wildman–Crippen MR) is 61.0 cm³/mol. The number of nitrogens with one attached hydrogen (secondary N) is 1. The molecule has 0 radical (unpaired) electrons.